The van der Waals surface area contributed by atoms with Crippen molar-refractivity contribution in [3.8, 4) is 5.75 Å². The molecule has 2 aromatic heterocycles. The zero-order chi connectivity index (χ0) is 14.0. The van der Waals surface area contributed by atoms with E-state index in [-0.39, 0.29) is 0 Å². The molecule has 0 aromatic carbocycles. The molecule has 104 valence electrons. The quantitative estimate of drug-likeness (QED) is 0.920. The average molecular weight is 301 g/mol. The van der Waals surface area contributed by atoms with Crippen molar-refractivity contribution in [1.29, 1.82) is 0 Å². The summed E-state index contributed by atoms with van der Waals surface area (Å²) in [6, 6.07) is 0. The number of hydrogen-bond donors (Lipinski definition) is 1. The van der Waals surface area contributed by atoms with Crippen LogP contribution in [0.1, 0.15) is 35.6 Å². The maximum Gasteiger partial charge on any atom is 0.163 e. The summed E-state index contributed by atoms with van der Waals surface area (Å²) in [5, 5.41) is 17.4. The minimum absolute atomic E-state index is 0.586. The molecular weight excluding hydrogens is 284 g/mol. The number of methoxy groups -OCH3 is 1. The Morgan fingerprint density at radius 1 is 1.58 bits per heavy atom. The van der Waals surface area contributed by atoms with Crippen molar-refractivity contribution >= 4 is 22.9 Å². The van der Waals surface area contributed by atoms with Crippen LogP contribution in [-0.4, -0.2) is 22.0 Å². The van der Waals surface area contributed by atoms with E-state index >= 15 is 0 Å². The molecule has 0 fully saturated rings. The lowest BCUT2D eigenvalue weighted by molar-refractivity contribution is 0.205. The summed E-state index contributed by atoms with van der Waals surface area (Å²) in [7, 11) is 1.57. The first-order chi connectivity index (χ1) is 9.10. The van der Waals surface area contributed by atoms with E-state index in [1.54, 1.807) is 18.0 Å². The molecule has 0 aliphatic carbocycles. The van der Waals surface area contributed by atoms with Gasteiger partial charge in [0, 0.05) is 6.54 Å². The first kappa shape index (κ1) is 14.4. The predicted molar refractivity (Wildman–Crippen MR) is 77.2 cm³/mol. The Morgan fingerprint density at radius 2 is 2.32 bits per heavy atom. The molecule has 2 aromatic rings. The highest BCUT2D eigenvalue weighted by Gasteiger charge is 2.25. The number of ether oxygens (including phenoxy) is 1. The molecule has 0 saturated carbocycles. The topological polar surface area (TPSA) is 47.3 Å². The monoisotopic (exact) mass is 300 g/mol. The van der Waals surface area contributed by atoms with Crippen molar-refractivity contribution in [2.75, 3.05) is 7.11 Å². The lowest BCUT2D eigenvalue weighted by Gasteiger charge is -2.14. The van der Waals surface area contributed by atoms with Crippen LogP contribution in [0.5, 0.6) is 5.75 Å². The second kappa shape index (κ2) is 5.94. The Balaban J connectivity index is 2.45. The van der Waals surface area contributed by atoms with Crippen molar-refractivity contribution < 1.29 is 9.84 Å². The molecular formula is C13H17ClN2O2S. The van der Waals surface area contributed by atoms with E-state index in [0.29, 0.717) is 16.5 Å². The summed E-state index contributed by atoms with van der Waals surface area (Å²) in [5.74, 6) is 0.586. The molecule has 0 aliphatic rings. The van der Waals surface area contributed by atoms with Crippen LogP contribution in [-0.2, 0) is 6.54 Å². The third-order valence-electron chi connectivity index (χ3n) is 2.93. The summed E-state index contributed by atoms with van der Waals surface area (Å²) in [6.07, 6.45) is 1.75. The number of halogens is 1. The third-order valence-corrected chi connectivity index (χ3v) is 4.70. The van der Waals surface area contributed by atoms with Gasteiger partial charge in [-0.3, -0.25) is 4.68 Å². The van der Waals surface area contributed by atoms with Gasteiger partial charge in [-0.05, 0) is 24.3 Å². The number of aryl methyl sites for hydroxylation is 2. The molecule has 0 saturated heterocycles. The van der Waals surface area contributed by atoms with Crippen LogP contribution >= 0.6 is 22.9 Å². The summed E-state index contributed by atoms with van der Waals surface area (Å²) in [6.45, 7) is 4.72. The fraction of sp³-hybridized carbons (Fsp3) is 0.462. The lowest BCUT2D eigenvalue weighted by Crippen LogP contribution is -2.10. The molecule has 1 N–H and O–H groups in total. The summed E-state index contributed by atoms with van der Waals surface area (Å²) < 4.78 is 7.05. The van der Waals surface area contributed by atoms with Crippen LogP contribution in [0.2, 0.25) is 5.02 Å². The van der Waals surface area contributed by atoms with Crippen molar-refractivity contribution in [1.82, 2.24) is 9.78 Å². The van der Waals surface area contributed by atoms with Gasteiger partial charge >= 0.3 is 0 Å². The van der Waals surface area contributed by atoms with Crippen LogP contribution in [0.15, 0.2) is 11.6 Å². The molecule has 19 heavy (non-hydrogen) atoms. The van der Waals surface area contributed by atoms with Gasteiger partial charge in [0.15, 0.2) is 5.75 Å². The number of rotatable bonds is 5. The first-order valence-electron chi connectivity index (χ1n) is 6.11. The molecule has 6 heteroatoms. The fourth-order valence-electron chi connectivity index (χ4n) is 1.96. The number of aliphatic hydroxyl groups excluding tert-OH is 1. The van der Waals surface area contributed by atoms with Crippen LogP contribution in [0.3, 0.4) is 0 Å². The van der Waals surface area contributed by atoms with Gasteiger partial charge in [-0.15, -0.1) is 11.3 Å². The summed E-state index contributed by atoms with van der Waals surface area (Å²) in [4.78, 5) is 0.732. The third kappa shape index (κ3) is 2.63. The number of aromatic nitrogens is 2. The summed E-state index contributed by atoms with van der Waals surface area (Å²) >= 11 is 7.68. The largest absolute Gasteiger partial charge is 0.493 e. The average Bonchev–Trinajstić information content (AvgIpc) is 2.95. The van der Waals surface area contributed by atoms with E-state index in [2.05, 4.69) is 12.0 Å². The Hall–Kier alpha value is -1.04. The van der Waals surface area contributed by atoms with Crippen molar-refractivity contribution in [2.24, 2.45) is 0 Å². The Kier molecular flexibility index (Phi) is 4.50. The Morgan fingerprint density at radius 3 is 2.84 bits per heavy atom. The number of nitrogens with zero attached hydrogens (tertiary/aromatic N) is 2. The normalized spacial score (nSPS) is 12.7. The summed E-state index contributed by atoms with van der Waals surface area (Å²) in [5.41, 5.74) is 1.63. The van der Waals surface area contributed by atoms with Gasteiger partial charge in [-0.2, -0.15) is 5.10 Å². The number of thiophene rings is 1. The van der Waals surface area contributed by atoms with E-state index in [4.69, 9.17) is 16.3 Å². The second-order valence-electron chi connectivity index (χ2n) is 4.32. The van der Waals surface area contributed by atoms with E-state index in [9.17, 15) is 5.11 Å². The van der Waals surface area contributed by atoms with Crippen molar-refractivity contribution in [3.63, 3.8) is 0 Å². The molecule has 1 unspecified atom stereocenters. The molecule has 4 nitrogen and oxygen atoms in total. The predicted octanol–water partition coefficient (Wildman–Crippen LogP) is 3.41. The highest BCUT2D eigenvalue weighted by Crippen LogP contribution is 2.38. The second-order valence-corrected chi connectivity index (χ2v) is 5.61. The van der Waals surface area contributed by atoms with Crippen LogP contribution in [0.25, 0.3) is 0 Å². The lowest BCUT2D eigenvalue weighted by atomic mass is 10.2. The number of aliphatic hydroxyl groups is 1. The fourth-order valence-corrected chi connectivity index (χ4v) is 3.24. The van der Waals surface area contributed by atoms with Crippen LogP contribution in [0, 0.1) is 6.92 Å². The standard InChI is InChI=1S/C13H17ClN2O2S/c1-4-5-16-11(9(18-3)6-15-16)12(17)13-10(14)8(2)7-19-13/h6-7,12,17H,4-5H2,1-3H3. The van der Waals surface area contributed by atoms with Gasteiger partial charge in [0.2, 0.25) is 0 Å². The molecule has 2 rings (SSSR count). The van der Waals surface area contributed by atoms with E-state index in [0.717, 1.165) is 23.4 Å². The SMILES string of the molecule is CCCn1ncc(OC)c1C(O)c1scc(C)c1Cl. The van der Waals surface area contributed by atoms with Crippen molar-refractivity contribution in [3.05, 3.63) is 32.7 Å². The first-order valence-corrected chi connectivity index (χ1v) is 7.37. The molecule has 0 spiro atoms. The van der Waals surface area contributed by atoms with Gasteiger partial charge in [-0.25, -0.2) is 0 Å². The van der Waals surface area contributed by atoms with Crippen molar-refractivity contribution in [2.45, 2.75) is 32.9 Å². The molecule has 0 bridgehead atoms. The molecule has 1 atom stereocenters. The van der Waals surface area contributed by atoms with Gasteiger partial charge in [0.05, 0.1) is 23.2 Å². The van der Waals surface area contributed by atoms with Gasteiger partial charge in [0.25, 0.3) is 0 Å². The molecule has 0 aliphatic heterocycles. The number of hydrogen-bond acceptors (Lipinski definition) is 4. The molecule has 0 amide bonds. The maximum atomic E-state index is 10.6. The van der Waals surface area contributed by atoms with E-state index in [1.807, 2.05) is 12.3 Å². The molecule has 2 heterocycles. The van der Waals surface area contributed by atoms with E-state index in [1.165, 1.54) is 11.3 Å². The van der Waals surface area contributed by atoms with Gasteiger partial charge in [0.1, 0.15) is 11.8 Å². The van der Waals surface area contributed by atoms with Gasteiger partial charge in [-0.1, -0.05) is 18.5 Å². The van der Waals surface area contributed by atoms with Crippen LogP contribution in [0.4, 0.5) is 0 Å². The van der Waals surface area contributed by atoms with E-state index < -0.39 is 6.10 Å². The molecule has 0 radical (unpaired) electrons. The minimum atomic E-state index is -0.810. The Labute approximate surface area is 121 Å². The van der Waals surface area contributed by atoms with Gasteiger partial charge < -0.3 is 9.84 Å². The maximum absolute atomic E-state index is 10.6. The van der Waals surface area contributed by atoms with Crippen LogP contribution < -0.4 is 4.74 Å². The zero-order valence-corrected chi connectivity index (χ0v) is 12.8. The highest BCUT2D eigenvalue weighted by atomic mass is 35.5. The minimum Gasteiger partial charge on any atom is -0.493 e. The zero-order valence-electron chi connectivity index (χ0n) is 11.2. The highest BCUT2D eigenvalue weighted by molar-refractivity contribution is 7.10. The Bertz CT molecular complexity index is 565. The smallest absolute Gasteiger partial charge is 0.163 e.